The van der Waals surface area contributed by atoms with Crippen molar-refractivity contribution in [1.29, 1.82) is 0 Å². The minimum Gasteiger partial charge on any atom is -0.496 e. The third-order valence-electron chi connectivity index (χ3n) is 2.36. The maximum atomic E-state index is 11.8. The maximum Gasteiger partial charge on any atom is 0.325 e. The number of nitrogens with one attached hydrogen (secondary N) is 1. The van der Waals surface area contributed by atoms with E-state index in [1.807, 2.05) is 0 Å². The van der Waals surface area contributed by atoms with Gasteiger partial charge in [0.2, 0.25) is 0 Å². The minimum atomic E-state index is -1.19. The SMILES string of the molecule is COc1cc([N+](=O)[O-])ccc1C(=O)NC(C)C(=O)O. The fourth-order valence-electron chi connectivity index (χ4n) is 1.32. The Bertz CT molecular complexity index is 528. The highest BCUT2D eigenvalue weighted by Crippen LogP contribution is 2.24. The average molecular weight is 268 g/mol. The molecule has 19 heavy (non-hydrogen) atoms. The van der Waals surface area contributed by atoms with Crippen molar-refractivity contribution < 1.29 is 24.4 Å². The number of hydrogen-bond donors (Lipinski definition) is 2. The predicted molar refractivity (Wildman–Crippen MR) is 64.2 cm³/mol. The van der Waals surface area contributed by atoms with Crippen molar-refractivity contribution in [2.75, 3.05) is 7.11 Å². The zero-order valence-corrected chi connectivity index (χ0v) is 10.2. The largest absolute Gasteiger partial charge is 0.496 e. The van der Waals surface area contributed by atoms with Gasteiger partial charge in [0.15, 0.2) is 0 Å². The number of aliphatic carboxylic acids is 1. The van der Waals surface area contributed by atoms with Gasteiger partial charge in [-0.3, -0.25) is 19.7 Å². The number of nitro groups is 1. The van der Waals surface area contributed by atoms with Crippen LogP contribution in [0, 0.1) is 10.1 Å². The molecule has 0 bridgehead atoms. The molecule has 1 aromatic rings. The van der Waals surface area contributed by atoms with Crippen molar-refractivity contribution in [2.24, 2.45) is 0 Å². The average Bonchev–Trinajstić information content (AvgIpc) is 2.37. The Labute approximate surface area is 108 Å². The van der Waals surface area contributed by atoms with Crippen LogP contribution in [0.5, 0.6) is 5.75 Å². The van der Waals surface area contributed by atoms with Crippen LogP contribution in [-0.2, 0) is 4.79 Å². The summed E-state index contributed by atoms with van der Waals surface area (Å²) >= 11 is 0. The number of amides is 1. The van der Waals surface area contributed by atoms with Crippen molar-refractivity contribution in [3.05, 3.63) is 33.9 Å². The molecule has 1 atom stereocenters. The fraction of sp³-hybridized carbons (Fsp3) is 0.273. The van der Waals surface area contributed by atoms with Gasteiger partial charge in [-0.1, -0.05) is 0 Å². The number of non-ortho nitro benzene ring substituents is 1. The first kappa shape index (κ1) is 14.4. The second kappa shape index (κ2) is 5.80. The summed E-state index contributed by atoms with van der Waals surface area (Å²) in [5, 5.41) is 21.5. The van der Waals surface area contributed by atoms with Crippen molar-refractivity contribution in [2.45, 2.75) is 13.0 Å². The summed E-state index contributed by atoms with van der Waals surface area (Å²) in [7, 11) is 1.26. The lowest BCUT2D eigenvalue weighted by Gasteiger charge is -2.11. The first-order valence-electron chi connectivity index (χ1n) is 5.23. The number of carboxylic acids is 1. The summed E-state index contributed by atoms with van der Waals surface area (Å²) in [6, 6.07) is 2.37. The molecule has 0 fully saturated rings. The lowest BCUT2D eigenvalue weighted by Crippen LogP contribution is -2.38. The van der Waals surface area contributed by atoms with Gasteiger partial charge in [-0.05, 0) is 13.0 Å². The number of ether oxygens (including phenoxy) is 1. The second-order valence-electron chi connectivity index (χ2n) is 3.68. The van der Waals surface area contributed by atoms with Gasteiger partial charge in [0.1, 0.15) is 11.8 Å². The van der Waals surface area contributed by atoms with E-state index < -0.39 is 22.8 Å². The fourth-order valence-corrected chi connectivity index (χ4v) is 1.32. The van der Waals surface area contributed by atoms with Crippen LogP contribution in [0.15, 0.2) is 18.2 Å². The van der Waals surface area contributed by atoms with E-state index in [0.717, 1.165) is 12.1 Å². The van der Waals surface area contributed by atoms with Crippen LogP contribution in [0.2, 0.25) is 0 Å². The number of rotatable bonds is 5. The van der Waals surface area contributed by atoms with Gasteiger partial charge < -0.3 is 15.2 Å². The van der Waals surface area contributed by atoms with E-state index >= 15 is 0 Å². The molecule has 8 heteroatoms. The molecule has 8 nitrogen and oxygen atoms in total. The van der Waals surface area contributed by atoms with Gasteiger partial charge in [-0.15, -0.1) is 0 Å². The molecule has 1 aromatic carbocycles. The van der Waals surface area contributed by atoms with Gasteiger partial charge in [-0.25, -0.2) is 0 Å². The van der Waals surface area contributed by atoms with Crippen LogP contribution in [0.25, 0.3) is 0 Å². The lowest BCUT2D eigenvalue weighted by atomic mass is 10.1. The molecule has 0 aromatic heterocycles. The van der Waals surface area contributed by atoms with Gasteiger partial charge >= 0.3 is 5.97 Å². The maximum absolute atomic E-state index is 11.8. The smallest absolute Gasteiger partial charge is 0.325 e. The summed E-state index contributed by atoms with van der Waals surface area (Å²) in [6.07, 6.45) is 0. The Hall–Kier alpha value is -2.64. The number of nitrogens with zero attached hydrogens (tertiary/aromatic N) is 1. The first-order chi connectivity index (χ1) is 8.86. The van der Waals surface area contributed by atoms with Gasteiger partial charge in [-0.2, -0.15) is 0 Å². The lowest BCUT2D eigenvalue weighted by molar-refractivity contribution is -0.384. The summed E-state index contributed by atoms with van der Waals surface area (Å²) in [4.78, 5) is 32.4. The Balaban J connectivity index is 3.03. The highest BCUT2D eigenvalue weighted by Gasteiger charge is 2.20. The molecule has 1 unspecified atom stereocenters. The molecule has 1 amide bonds. The molecule has 0 aliphatic rings. The quantitative estimate of drug-likeness (QED) is 0.602. The summed E-state index contributed by atoms with van der Waals surface area (Å²) in [6.45, 7) is 1.30. The van der Waals surface area contributed by atoms with E-state index in [4.69, 9.17) is 9.84 Å². The number of hydrogen-bond acceptors (Lipinski definition) is 5. The molecule has 1 rings (SSSR count). The zero-order valence-electron chi connectivity index (χ0n) is 10.2. The van der Waals surface area contributed by atoms with Gasteiger partial charge in [0.25, 0.3) is 11.6 Å². The first-order valence-corrected chi connectivity index (χ1v) is 5.23. The third kappa shape index (κ3) is 3.41. The number of carbonyl (C=O) groups is 2. The van der Waals surface area contributed by atoms with E-state index in [0.29, 0.717) is 0 Å². The van der Waals surface area contributed by atoms with Crippen LogP contribution in [0.4, 0.5) is 5.69 Å². The monoisotopic (exact) mass is 268 g/mol. The summed E-state index contributed by atoms with van der Waals surface area (Å²) in [5.74, 6) is -1.86. The number of benzene rings is 1. The van der Waals surface area contributed by atoms with Crippen LogP contribution in [0.3, 0.4) is 0 Å². The highest BCUT2D eigenvalue weighted by molar-refractivity contribution is 5.99. The topological polar surface area (TPSA) is 119 Å². The Morgan fingerprint density at radius 2 is 2.11 bits per heavy atom. The van der Waals surface area contributed by atoms with Crippen molar-refractivity contribution >= 4 is 17.6 Å². The zero-order chi connectivity index (χ0) is 14.6. The normalized spacial score (nSPS) is 11.5. The molecule has 0 aliphatic heterocycles. The molecule has 0 aliphatic carbocycles. The molecular formula is C11H12N2O6. The molecule has 0 saturated carbocycles. The minimum absolute atomic E-state index is 0.00397. The predicted octanol–water partition coefficient (Wildman–Crippen LogP) is 0.806. The van der Waals surface area contributed by atoms with E-state index in [2.05, 4.69) is 5.32 Å². The summed E-state index contributed by atoms with van der Waals surface area (Å²) in [5.41, 5.74) is -0.194. The molecule has 0 saturated heterocycles. The number of carbonyl (C=O) groups excluding carboxylic acids is 1. The van der Waals surface area contributed by atoms with Crippen molar-refractivity contribution in [1.82, 2.24) is 5.32 Å². The van der Waals surface area contributed by atoms with Crippen molar-refractivity contribution in [3.63, 3.8) is 0 Å². The van der Waals surface area contributed by atoms with E-state index in [1.54, 1.807) is 0 Å². The second-order valence-corrected chi connectivity index (χ2v) is 3.68. The molecule has 0 heterocycles. The van der Waals surface area contributed by atoms with Gasteiger partial charge in [0.05, 0.1) is 23.7 Å². The highest BCUT2D eigenvalue weighted by atomic mass is 16.6. The number of methoxy groups -OCH3 is 1. The number of nitro benzene ring substituents is 1. The molecule has 0 radical (unpaired) electrons. The van der Waals surface area contributed by atoms with Crippen LogP contribution < -0.4 is 10.1 Å². The molecular weight excluding hydrogens is 256 g/mol. The van der Waals surface area contributed by atoms with Crippen LogP contribution in [-0.4, -0.2) is 35.1 Å². The number of carboxylic acid groups (broad SMARTS) is 1. The van der Waals surface area contributed by atoms with E-state index in [9.17, 15) is 19.7 Å². The standard InChI is InChI=1S/C11H12N2O6/c1-6(11(15)16)12-10(14)8-4-3-7(13(17)18)5-9(8)19-2/h3-6H,1-2H3,(H,12,14)(H,15,16). The molecule has 2 N–H and O–H groups in total. The summed E-state index contributed by atoms with van der Waals surface area (Å²) < 4.78 is 4.89. The Morgan fingerprint density at radius 3 is 2.58 bits per heavy atom. The van der Waals surface area contributed by atoms with Crippen LogP contribution in [0.1, 0.15) is 17.3 Å². The van der Waals surface area contributed by atoms with E-state index in [1.165, 1.54) is 20.1 Å². The van der Waals surface area contributed by atoms with Crippen molar-refractivity contribution in [3.8, 4) is 5.75 Å². The third-order valence-corrected chi connectivity index (χ3v) is 2.36. The van der Waals surface area contributed by atoms with E-state index in [-0.39, 0.29) is 17.0 Å². The molecule has 0 spiro atoms. The Kier molecular flexibility index (Phi) is 4.41. The Morgan fingerprint density at radius 1 is 1.47 bits per heavy atom. The van der Waals surface area contributed by atoms with Gasteiger partial charge in [0, 0.05) is 6.07 Å². The molecule has 102 valence electrons. The van der Waals surface area contributed by atoms with Crippen LogP contribution >= 0.6 is 0 Å².